The molecule has 0 bridgehead atoms. The summed E-state index contributed by atoms with van der Waals surface area (Å²) in [6, 6.07) is 0. The van der Waals surface area contributed by atoms with Gasteiger partial charge in [-0.25, -0.2) is 0 Å². The highest BCUT2D eigenvalue weighted by Gasteiger charge is 2.41. The zero-order chi connectivity index (χ0) is 12.1. The van der Waals surface area contributed by atoms with E-state index < -0.39 is 11.4 Å². The van der Waals surface area contributed by atoms with Gasteiger partial charge < -0.3 is 11.1 Å². The Morgan fingerprint density at radius 2 is 1.93 bits per heavy atom. The average Bonchev–Trinajstić information content (AvgIpc) is 2.23. The van der Waals surface area contributed by atoms with E-state index in [0.717, 1.165) is 0 Å². The molecule has 2 amide bonds. The molecule has 0 heterocycles. The normalized spacial score (nSPS) is 16.5. The van der Waals surface area contributed by atoms with Crippen LogP contribution in [-0.4, -0.2) is 22.6 Å². The Balaban J connectivity index is 4.98. The highest BCUT2D eigenvalue weighted by Crippen LogP contribution is 2.23. The summed E-state index contributed by atoms with van der Waals surface area (Å²) < 4.78 is 0. The summed E-state index contributed by atoms with van der Waals surface area (Å²) in [5, 5.41) is 2.44. The molecule has 0 saturated carbocycles. The second-order valence-corrected chi connectivity index (χ2v) is 4.14. The van der Waals surface area contributed by atoms with Gasteiger partial charge in [0, 0.05) is 11.7 Å². The Bertz CT molecular complexity index is 246. The van der Waals surface area contributed by atoms with Crippen LogP contribution in [0, 0.1) is 0 Å². The van der Waals surface area contributed by atoms with Crippen molar-refractivity contribution in [2.75, 3.05) is 0 Å². The zero-order valence-electron chi connectivity index (χ0n) is 9.54. The highest BCUT2D eigenvalue weighted by atomic mass is 32.1. The van der Waals surface area contributed by atoms with E-state index in [9.17, 15) is 9.59 Å². The Kier molecular flexibility index (Phi) is 5.72. The van der Waals surface area contributed by atoms with E-state index in [0.29, 0.717) is 19.3 Å². The topological polar surface area (TPSA) is 72.2 Å². The Morgan fingerprint density at radius 3 is 2.20 bits per heavy atom. The van der Waals surface area contributed by atoms with E-state index in [2.05, 4.69) is 17.9 Å². The van der Waals surface area contributed by atoms with Gasteiger partial charge in [-0.05, 0) is 12.8 Å². The Hall–Kier alpha value is -0.710. The van der Waals surface area contributed by atoms with E-state index in [-0.39, 0.29) is 11.2 Å². The quantitative estimate of drug-likeness (QED) is 0.594. The lowest BCUT2D eigenvalue weighted by Crippen LogP contribution is -2.62. The van der Waals surface area contributed by atoms with Crippen molar-refractivity contribution in [3.8, 4) is 0 Å². The van der Waals surface area contributed by atoms with Crippen LogP contribution in [0.4, 0.5) is 0 Å². The van der Waals surface area contributed by atoms with Crippen molar-refractivity contribution in [1.82, 2.24) is 5.32 Å². The third-order valence-corrected chi connectivity index (χ3v) is 3.44. The number of thiol groups is 1. The van der Waals surface area contributed by atoms with Gasteiger partial charge in [0.1, 0.15) is 5.54 Å². The SMILES string of the molecule is CCC(=O)NC(CC)(C(N)=O)C(S)CC. The van der Waals surface area contributed by atoms with Gasteiger partial charge in [0.25, 0.3) is 0 Å². The number of rotatable bonds is 6. The summed E-state index contributed by atoms with van der Waals surface area (Å²) in [6.45, 7) is 5.46. The predicted molar refractivity (Wildman–Crippen MR) is 63.7 cm³/mol. The standard InChI is InChI=1S/C10H20N2O2S/c1-4-7(15)10(6-3,9(11)14)12-8(13)5-2/h7,15H,4-6H2,1-3H3,(H2,11,14)(H,12,13). The predicted octanol–water partition coefficient (Wildman–Crippen LogP) is 0.855. The van der Waals surface area contributed by atoms with E-state index in [1.807, 2.05) is 13.8 Å². The van der Waals surface area contributed by atoms with Gasteiger partial charge in [-0.3, -0.25) is 9.59 Å². The van der Waals surface area contributed by atoms with Crippen molar-refractivity contribution in [1.29, 1.82) is 0 Å². The van der Waals surface area contributed by atoms with Gasteiger partial charge in [-0.2, -0.15) is 12.6 Å². The summed E-state index contributed by atoms with van der Waals surface area (Å²) in [4.78, 5) is 22.8. The minimum atomic E-state index is -1.02. The van der Waals surface area contributed by atoms with E-state index in [4.69, 9.17) is 5.73 Å². The first-order valence-corrected chi connectivity index (χ1v) is 5.75. The molecule has 3 N–H and O–H groups in total. The molecule has 0 spiro atoms. The molecule has 5 heteroatoms. The van der Waals surface area contributed by atoms with E-state index >= 15 is 0 Å². The molecule has 0 aliphatic heterocycles. The molecule has 4 nitrogen and oxygen atoms in total. The monoisotopic (exact) mass is 232 g/mol. The van der Waals surface area contributed by atoms with Gasteiger partial charge in [-0.15, -0.1) is 0 Å². The minimum Gasteiger partial charge on any atom is -0.368 e. The second-order valence-electron chi connectivity index (χ2n) is 3.51. The third-order valence-electron chi connectivity index (χ3n) is 2.64. The molecule has 88 valence electrons. The zero-order valence-corrected chi connectivity index (χ0v) is 10.4. The fourth-order valence-electron chi connectivity index (χ4n) is 1.49. The molecule has 0 radical (unpaired) electrons. The number of carbonyl (C=O) groups is 2. The fraction of sp³-hybridized carbons (Fsp3) is 0.800. The lowest BCUT2D eigenvalue weighted by atomic mass is 9.89. The van der Waals surface area contributed by atoms with Crippen LogP contribution < -0.4 is 11.1 Å². The lowest BCUT2D eigenvalue weighted by Gasteiger charge is -2.35. The molecule has 0 rings (SSSR count). The van der Waals surface area contributed by atoms with Crippen molar-refractivity contribution in [2.45, 2.75) is 50.8 Å². The first-order valence-electron chi connectivity index (χ1n) is 5.23. The molecule has 0 fully saturated rings. The van der Waals surface area contributed by atoms with Crippen LogP contribution in [0.2, 0.25) is 0 Å². The van der Waals surface area contributed by atoms with Crippen LogP contribution in [0.25, 0.3) is 0 Å². The van der Waals surface area contributed by atoms with Crippen LogP contribution in [-0.2, 0) is 9.59 Å². The highest BCUT2D eigenvalue weighted by molar-refractivity contribution is 7.81. The Labute approximate surface area is 96.4 Å². The number of hydrogen-bond donors (Lipinski definition) is 3. The maximum Gasteiger partial charge on any atom is 0.244 e. The maximum atomic E-state index is 11.5. The van der Waals surface area contributed by atoms with Crippen molar-refractivity contribution < 1.29 is 9.59 Å². The van der Waals surface area contributed by atoms with Crippen molar-refractivity contribution in [2.24, 2.45) is 5.73 Å². The number of amides is 2. The molecule has 2 atom stereocenters. The van der Waals surface area contributed by atoms with Gasteiger partial charge in [0.2, 0.25) is 11.8 Å². The van der Waals surface area contributed by atoms with Gasteiger partial charge in [0.05, 0.1) is 0 Å². The summed E-state index contributed by atoms with van der Waals surface area (Å²) in [6.07, 6.45) is 1.46. The van der Waals surface area contributed by atoms with Gasteiger partial charge in [0.15, 0.2) is 0 Å². The van der Waals surface area contributed by atoms with E-state index in [1.165, 1.54) is 0 Å². The summed E-state index contributed by atoms with van der Waals surface area (Å²) in [7, 11) is 0. The number of nitrogens with two attached hydrogens (primary N) is 1. The maximum absolute atomic E-state index is 11.5. The number of hydrogen-bond acceptors (Lipinski definition) is 3. The molecule has 15 heavy (non-hydrogen) atoms. The van der Waals surface area contributed by atoms with Crippen LogP contribution >= 0.6 is 12.6 Å². The molecule has 0 aliphatic rings. The minimum absolute atomic E-state index is 0.178. The van der Waals surface area contributed by atoms with Gasteiger partial charge >= 0.3 is 0 Å². The number of nitrogens with one attached hydrogen (secondary N) is 1. The molecule has 0 aromatic carbocycles. The number of primary amides is 1. The Morgan fingerprint density at radius 1 is 1.40 bits per heavy atom. The summed E-state index contributed by atoms with van der Waals surface area (Å²) in [5.41, 5.74) is 4.34. The summed E-state index contributed by atoms with van der Waals surface area (Å²) >= 11 is 4.33. The summed E-state index contributed by atoms with van der Waals surface area (Å²) in [5.74, 6) is -0.697. The molecular formula is C10H20N2O2S. The molecule has 2 unspecified atom stereocenters. The molecule has 0 aliphatic carbocycles. The average molecular weight is 232 g/mol. The first kappa shape index (κ1) is 14.3. The van der Waals surface area contributed by atoms with Crippen LogP contribution in [0.1, 0.15) is 40.0 Å². The molecule has 0 aromatic rings. The van der Waals surface area contributed by atoms with Crippen LogP contribution in [0.5, 0.6) is 0 Å². The first-order chi connectivity index (χ1) is 6.94. The lowest BCUT2D eigenvalue weighted by molar-refractivity contribution is -0.131. The van der Waals surface area contributed by atoms with E-state index in [1.54, 1.807) is 6.92 Å². The van der Waals surface area contributed by atoms with Crippen LogP contribution in [0.3, 0.4) is 0 Å². The third kappa shape index (κ3) is 3.12. The van der Waals surface area contributed by atoms with Crippen molar-refractivity contribution in [3.63, 3.8) is 0 Å². The van der Waals surface area contributed by atoms with Crippen molar-refractivity contribution >= 4 is 24.4 Å². The number of carbonyl (C=O) groups excluding carboxylic acids is 2. The smallest absolute Gasteiger partial charge is 0.244 e. The molecule has 0 aromatic heterocycles. The van der Waals surface area contributed by atoms with Gasteiger partial charge in [-0.1, -0.05) is 20.8 Å². The molecular weight excluding hydrogens is 212 g/mol. The van der Waals surface area contributed by atoms with Crippen molar-refractivity contribution in [3.05, 3.63) is 0 Å². The molecule has 0 saturated heterocycles. The fourth-order valence-corrected chi connectivity index (χ4v) is 1.87. The van der Waals surface area contributed by atoms with Crippen LogP contribution in [0.15, 0.2) is 0 Å². The second kappa shape index (κ2) is 6.00. The largest absolute Gasteiger partial charge is 0.368 e.